The summed E-state index contributed by atoms with van der Waals surface area (Å²) in [5.74, 6) is -3.49. The molecule has 0 saturated carbocycles. The summed E-state index contributed by atoms with van der Waals surface area (Å²) < 4.78 is 33.9. The third-order valence-electron chi connectivity index (χ3n) is 11.7. The van der Waals surface area contributed by atoms with Crippen molar-refractivity contribution in [3.8, 4) is 0 Å². The van der Waals surface area contributed by atoms with E-state index in [0.29, 0.717) is 45.2 Å². The minimum absolute atomic E-state index is 0.0605. The van der Waals surface area contributed by atoms with E-state index in [0.717, 1.165) is 128 Å². The fourth-order valence-corrected chi connectivity index (χ4v) is 7.75. The van der Waals surface area contributed by atoms with Gasteiger partial charge in [-0.25, -0.2) is 0 Å². The van der Waals surface area contributed by atoms with E-state index >= 15 is 0 Å². The number of carbonyl (C=O) groups is 6. The monoisotopic (exact) mass is 911 g/mol. The van der Waals surface area contributed by atoms with Crippen LogP contribution in [-0.2, 0) is 57.2 Å². The van der Waals surface area contributed by atoms with Gasteiger partial charge in [0.1, 0.15) is 13.1 Å². The molecule has 1 aliphatic rings. The number of nitrogens with two attached hydrogens (primary N) is 1. The Morgan fingerprint density at radius 2 is 0.625 bits per heavy atom. The van der Waals surface area contributed by atoms with E-state index in [2.05, 4.69) is 27.7 Å². The summed E-state index contributed by atoms with van der Waals surface area (Å²) in [5, 5.41) is 1.93. The Hall–Kier alpha value is -3.22. The molecule has 1 heterocycles. The van der Waals surface area contributed by atoms with Crippen LogP contribution in [0.25, 0.3) is 0 Å². The van der Waals surface area contributed by atoms with Crippen molar-refractivity contribution in [3.05, 3.63) is 0 Å². The number of carbonyl (C=O) groups excluding carboxylic acids is 6. The Balaban J connectivity index is 2.74. The maximum Gasteiger partial charge on any atom is 0.306 e. The van der Waals surface area contributed by atoms with Gasteiger partial charge < -0.3 is 33.7 Å². The molecule has 0 radical (unpaired) electrons. The molecular weight excluding hydrogens is 819 g/mol. The van der Waals surface area contributed by atoms with Crippen molar-refractivity contribution in [3.63, 3.8) is 0 Å². The van der Waals surface area contributed by atoms with Crippen molar-refractivity contribution in [2.45, 2.75) is 239 Å². The van der Waals surface area contributed by atoms with Gasteiger partial charge in [-0.2, -0.15) is 0 Å². The van der Waals surface area contributed by atoms with Crippen LogP contribution in [0, 0.1) is 11.8 Å². The van der Waals surface area contributed by atoms with Crippen LogP contribution >= 0.6 is 0 Å². The van der Waals surface area contributed by atoms with Crippen LogP contribution in [0.5, 0.6) is 0 Å². The van der Waals surface area contributed by atoms with Crippen LogP contribution in [0.2, 0.25) is 0 Å². The highest BCUT2D eigenvalue weighted by molar-refractivity contribution is 5.72. The van der Waals surface area contributed by atoms with Gasteiger partial charge in [0.15, 0.2) is 12.2 Å². The van der Waals surface area contributed by atoms with Gasteiger partial charge in [-0.15, -0.1) is 0 Å². The SMILES string of the molecule is CCCCCCCCC(=O)OCC(COC(=O)CCCCCCCC)CC(=O)O[C@@H]1C[NH2+]C[C@H](OC(=O)CC(COC(=O)CCCCCCCC)COC(=O)CCCCCCCC)C1. The zero-order valence-corrected chi connectivity index (χ0v) is 40.9. The summed E-state index contributed by atoms with van der Waals surface area (Å²) in [7, 11) is 0. The first-order valence-corrected chi connectivity index (χ1v) is 25.9. The van der Waals surface area contributed by atoms with Gasteiger partial charge in [0.05, 0.1) is 39.3 Å². The van der Waals surface area contributed by atoms with Crippen molar-refractivity contribution < 1.29 is 62.5 Å². The molecule has 1 aliphatic heterocycles. The van der Waals surface area contributed by atoms with Crippen LogP contribution < -0.4 is 5.32 Å². The third kappa shape index (κ3) is 35.1. The second-order valence-electron chi connectivity index (χ2n) is 18.2. The molecule has 13 nitrogen and oxygen atoms in total. The Morgan fingerprint density at radius 3 is 0.891 bits per heavy atom. The topological polar surface area (TPSA) is 174 Å². The molecule has 0 spiro atoms. The number of quaternary nitrogens is 1. The van der Waals surface area contributed by atoms with E-state index in [-0.39, 0.29) is 63.1 Å². The molecule has 2 atom stereocenters. The molecule has 0 bridgehead atoms. The number of esters is 6. The summed E-state index contributed by atoms with van der Waals surface area (Å²) in [5.41, 5.74) is 0. The van der Waals surface area contributed by atoms with E-state index in [1.165, 1.54) is 25.7 Å². The molecule has 1 fully saturated rings. The maximum absolute atomic E-state index is 13.3. The predicted molar refractivity (Wildman–Crippen MR) is 248 cm³/mol. The van der Waals surface area contributed by atoms with E-state index in [4.69, 9.17) is 28.4 Å². The standard InChI is InChI=1S/C51H91NO12/c1-5-9-13-17-21-25-29-46(53)59-38-42(39-60-47(54)30-26-22-18-14-10-6-2)33-50(57)63-44-35-45(37-52-36-44)64-51(58)34-43(40-61-48(55)31-27-23-19-15-11-7-3)41-62-49(56)32-28-24-20-16-12-8-4/h42-45,52H,5-41H2,1-4H3/p+1/t44-,45+. The first kappa shape index (κ1) is 58.8. The summed E-state index contributed by atoms with van der Waals surface area (Å²) in [4.78, 5) is 76.8. The average Bonchev–Trinajstić information content (AvgIpc) is 3.27. The normalized spacial score (nSPS) is 14.9. The van der Waals surface area contributed by atoms with Gasteiger partial charge in [0.25, 0.3) is 0 Å². The highest BCUT2D eigenvalue weighted by Gasteiger charge is 2.32. The van der Waals surface area contributed by atoms with E-state index in [9.17, 15) is 28.8 Å². The van der Waals surface area contributed by atoms with Crippen LogP contribution in [0.1, 0.15) is 227 Å². The fraction of sp³-hybridized carbons (Fsp3) is 0.882. The van der Waals surface area contributed by atoms with Gasteiger partial charge in [-0.1, -0.05) is 156 Å². The molecule has 0 unspecified atom stereocenters. The van der Waals surface area contributed by atoms with Crippen molar-refractivity contribution in [1.82, 2.24) is 0 Å². The van der Waals surface area contributed by atoms with Crippen molar-refractivity contribution in [2.75, 3.05) is 39.5 Å². The molecular formula is C51H92NO12+. The molecule has 64 heavy (non-hydrogen) atoms. The second kappa shape index (κ2) is 41.2. The molecule has 0 amide bonds. The minimum atomic E-state index is -0.563. The number of hydrogen-bond donors (Lipinski definition) is 1. The Kier molecular flexibility index (Phi) is 37.9. The first-order valence-electron chi connectivity index (χ1n) is 25.9. The third-order valence-corrected chi connectivity index (χ3v) is 11.7. The van der Waals surface area contributed by atoms with Gasteiger partial charge in [-0.05, 0) is 25.7 Å². The molecule has 1 saturated heterocycles. The zero-order chi connectivity index (χ0) is 46.9. The summed E-state index contributed by atoms with van der Waals surface area (Å²) >= 11 is 0. The quantitative estimate of drug-likeness (QED) is 0.0349. The minimum Gasteiger partial charge on any atom is -0.465 e. The number of hydrogen-bond acceptors (Lipinski definition) is 12. The summed E-state index contributed by atoms with van der Waals surface area (Å²) in [6.45, 7) is 9.38. The van der Waals surface area contributed by atoms with Crippen molar-refractivity contribution in [1.29, 1.82) is 0 Å². The first-order chi connectivity index (χ1) is 31.1. The molecule has 2 N–H and O–H groups in total. The molecule has 1 rings (SSSR count). The lowest BCUT2D eigenvalue weighted by Crippen LogP contribution is -2.91. The summed E-state index contributed by atoms with van der Waals surface area (Å²) in [6, 6.07) is 0. The molecule has 0 aromatic heterocycles. The average molecular weight is 911 g/mol. The van der Waals surface area contributed by atoms with Crippen molar-refractivity contribution >= 4 is 35.8 Å². The van der Waals surface area contributed by atoms with Gasteiger partial charge in [0, 0.05) is 43.9 Å². The summed E-state index contributed by atoms with van der Waals surface area (Å²) in [6.07, 6.45) is 25.3. The number of piperidine rings is 1. The van der Waals surface area contributed by atoms with Crippen LogP contribution in [0.4, 0.5) is 0 Å². The molecule has 0 aromatic carbocycles. The Morgan fingerprint density at radius 1 is 0.375 bits per heavy atom. The highest BCUT2D eigenvalue weighted by atomic mass is 16.6. The number of ether oxygens (including phenoxy) is 6. The van der Waals surface area contributed by atoms with Crippen LogP contribution in [-0.4, -0.2) is 87.5 Å². The van der Waals surface area contributed by atoms with Crippen molar-refractivity contribution in [2.24, 2.45) is 11.8 Å². The van der Waals surface area contributed by atoms with Gasteiger partial charge in [0.2, 0.25) is 0 Å². The molecule has 13 heteroatoms. The molecule has 0 aliphatic carbocycles. The second-order valence-corrected chi connectivity index (χ2v) is 18.2. The number of rotatable bonds is 42. The Bertz CT molecular complexity index is 1070. The van der Waals surface area contributed by atoms with E-state index in [1.807, 2.05) is 5.32 Å². The fourth-order valence-electron chi connectivity index (χ4n) is 7.75. The van der Waals surface area contributed by atoms with Crippen LogP contribution in [0.15, 0.2) is 0 Å². The highest BCUT2D eigenvalue weighted by Crippen LogP contribution is 2.18. The van der Waals surface area contributed by atoms with E-state index in [1.54, 1.807) is 0 Å². The number of unbranched alkanes of at least 4 members (excludes halogenated alkanes) is 20. The predicted octanol–water partition coefficient (Wildman–Crippen LogP) is 9.96. The molecule has 0 aromatic rings. The Labute approximate surface area is 387 Å². The van der Waals surface area contributed by atoms with Gasteiger partial charge in [-0.3, -0.25) is 28.8 Å². The molecule has 372 valence electrons. The lowest BCUT2D eigenvalue weighted by molar-refractivity contribution is -0.675. The van der Waals surface area contributed by atoms with Gasteiger partial charge >= 0.3 is 35.8 Å². The zero-order valence-electron chi connectivity index (χ0n) is 40.9. The largest absolute Gasteiger partial charge is 0.465 e. The maximum atomic E-state index is 13.3. The smallest absolute Gasteiger partial charge is 0.306 e. The lowest BCUT2D eigenvalue weighted by atomic mass is 10.1. The van der Waals surface area contributed by atoms with Crippen LogP contribution in [0.3, 0.4) is 0 Å². The van der Waals surface area contributed by atoms with E-state index < -0.39 is 36.0 Å². The lowest BCUT2D eigenvalue weighted by Gasteiger charge is -2.28.